The van der Waals surface area contributed by atoms with Crippen molar-refractivity contribution < 1.29 is 22.7 Å². The zero-order valence-corrected chi connectivity index (χ0v) is 18.1. The van der Waals surface area contributed by atoms with Gasteiger partial charge in [-0.2, -0.15) is 13.2 Å². The minimum atomic E-state index is -4.46. The van der Waals surface area contributed by atoms with Crippen LogP contribution in [0, 0.1) is 5.41 Å². The topological polar surface area (TPSA) is 57.2 Å². The van der Waals surface area contributed by atoms with Gasteiger partial charge in [-0.05, 0) is 35.6 Å². The molecule has 166 valence electrons. The van der Waals surface area contributed by atoms with Crippen molar-refractivity contribution in [2.75, 3.05) is 6.61 Å². The number of carbonyl (C=O) groups excluding carboxylic acids is 1. The van der Waals surface area contributed by atoms with Gasteiger partial charge in [-0.1, -0.05) is 51.1 Å². The number of ether oxygens (including phenoxy) is 1. The third-order valence-corrected chi connectivity index (χ3v) is 4.98. The van der Waals surface area contributed by atoms with Gasteiger partial charge in [-0.25, -0.2) is 4.79 Å². The standard InChI is InChI=1S/C24H27F3N2O2/c1-5-31-22(30)21(28)18-13-29(14-23(2,3)4)20-12-15(10-11-17(18)20)16-8-6-7-9-19(16)24(25,26)27/h6-13,21H,5,14,28H2,1-4H3/t21-/m0/s1. The van der Waals surface area contributed by atoms with Gasteiger partial charge >= 0.3 is 12.1 Å². The van der Waals surface area contributed by atoms with Crippen LogP contribution in [0.15, 0.2) is 48.7 Å². The minimum Gasteiger partial charge on any atom is -0.465 e. The van der Waals surface area contributed by atoms with E-state index in [-0.39, 0.29) is 17.6 Å². The summed E-state index contributed by atoms with van der Waals surface area (Å²) in [5, 5.41) is 0.720. The van der Waals surface area contributed by atoms with Gasteiger partial charge in [-0.3, -0.25) is 0 Å². The molecule has 0 aliphatic carbocycles. The maximum atomic E-state index is 13.5. The van der Waals surface area contributed by atoms with E-state index >= 15 is 0 Å². The van der Waals surface area contributed by atoms with Crippen LogP contribution in [0.25, 0.3) is 22.0 Å². The molecule has 1 heterocycles. The fourth-order valence-electron chi connectivity index (χ4n) is 3.72. The highest BCUT2D eigenvalue weighted by Gasteiger charge is 2.33. The van der Waals surface area contributed by atoms with E-state index < -0.39 is 23.8 Å². The summed E-state index contributed by atoms with van der Waals surface area (Å²) in [6, 6.07) is 9.63. The zero-order chi connectivity index (χ0) is 23.0. The number of halogens is 3. The number of nitrogens with zero attached hydrogens (tertiary/aromatic N) is 1. The van der Waals surface area contributed by atoms with Gasteiger partial charge in [0.1, 0.15) is 6.04 Å². The summed E-state index contributed by atoms with van der Waals surface area (Å²) in [5.41, 5.74) is 7.24. The van der Waals surface area contributed by atoms with Crippen molar-refractivity contribution in [3.63, 3.8) is 0 Å². The number of hydrogen-bond acceptors (Lipinski definition) is 3. The van der Waals surface area contributed by atoms with Crippen LogP contribution in [0.5, 0.6) is 0 Å². The number of nitrogens with two attached hydrogens (primary N) is 1. The smallest absolute Gasteiger partial charge is 0.417 e. The summed E-state index contributed by atoms with van der Waals surface area (Å²) in [6.45, 7) is 8.71. The highest BCUT2D eigenvalue weighted by Crippen LogP contribution is 2.39. The van der Waals surface area contributed by atoms with Crippen LogP contribution in [0.3, 0.4) is 0 Å². The van der Waals surface area contributed by atoms with E-state index in [0.717, 1.165) is 17.0 Å². The number of hydrogen-bond donors (Lipinski definition) is 1. The molecule has 0 bridgehead atoms. The van der Waals surface area contributed by atoms with Crippen LogP contribution in [0.1, 0.15) is 44.9 Å². The number of esters is 1. The first-order chi connectivity index (χ1) is 14.4. The van der Waals surface area contributed by atoms with E-state index in [2.05, 4.69) is 20.8 Å². The number of fused-ring (bicyclic) bond motifs is 1. The highest BCUT2D eigenvalue weighted by molar-refractivity contribution is 5.93. The second kappa shape index (κ2) is 8.38. The number of aromatic nitrogens is 1. The van der Waals surface area contributed by atoms with Crippen LogP contribution in [-0.2, 0) is 22.3 Å². The SMILES string of the molecule is CCOC(=O)[C@@H](N)c1cn(CC(C)(C)C)c2cc(-c3ccccc3C(F)(F)F)ccc12. The molecule has 31 heavy (non-hydrogen) atoms. The molecular weight excluding hydrogens is 405 g/mol. The Kier molecular flexibility index (Phi) is 6.18. The first kappa shape index (κ1) is 22.9. The van der Waals surface area contributed by atoms with E-state index in [9.17, 15) is 18.0 Å². The molecule has 0 aliphatic heterocycles. The van der Waals surface area contributed by atoms with Crippen molar-refractivity contribution in [1.82, 2.24) is 4.57 Å². The molecule has 0 spiro atoms. The summed E-state index contributed by atoms with van der Waals surface area (Å²) in [5.74, 6) is -0.538. The third kappa shape index (κ3) is 4.93. The van der Waals surface area contributed by atoms with Crippen LogP contribution in [0.2, 0.25) is 0 Å². The van der Waals surface area contributed by atoms with Gasteiger partial charge in [0.2, 0.25) is 0 Å². The van der Waals surface area contributed by atoms with Crippen molar-refractivity contribution in [2.24, 2.45) is 11.1 Å². The Morgan fingerprint density at radius 1 is 1.13 bits per heavy atom. The van der Waals surface area contributed by atoms with Crippen LogP contribution >= 0.6 is 0 Å². The molecule has 3 rings (SSSR count). The van der Waals surface area contributed by atoms with E-state index in [1.54, 1.807) is 37.4 Å². The molecule has 0 radical (unpaired) electrons. The Hall–Kier alpha value is -2.80. The number of rotatable bonds is 5. The lowest BCUT2D eigenvalue weighted by Gasteiger charge is -2.20. The largest absolute Gasteiger partial charge is 0.465 e. The summed E-state index contributed by atoms with van der Waals surface area (Å²) in [7, 11) is 0. The average Bonchev–Trinajstić information content (AvgIpc) is 3.03. The molecule has 2 N–H and O–H groups in total. The molecule has 4 nitrogen and oxygen atoms in total. The van der Waals surface area contributed by atoms with Gasteiger partial charge in [-0.15, -0.1) is 0 Å². The normalized spacial score (nSPS) is 13.4. The number of alkyl halides is 3. The fourth-order valence-corrected chi connectivity index (χ4v) is 3.72. The van der Waals surface area contributed by atoms with Crippen molar-refractivity contribution in [3.05, 3.63) is 59.8 Å². The molecule has 0 saturated heterocycles. The van der Waals surface area contributed by atoms with Gasteiger partial charge in [0.25, 0.3) is 0 Å². The van der Waals surface area contributed by atoms with Gasteiger partial charge < -0.3 is 15.0 Å². The first-order valence-electron chi connectivity index (χ1n) is 10.1. The molecule has 0 amide bonds. The highest BCUT2D eigenvalue weighted by atomic mass is 19.4. The lowest BCUT2D eigenvalue weighted by Crippen LogP contribution is -2.23. The quantitative estimate of drug-likeness (QED) is 0.508. The molecule has 0 aliphatic rings. The van der Waals surface area contributed by atoms with Crippen LogP contribution in [-0.4, -0.2) is 17.1 Å². The van der Waals surface area contributed by atoms with Crippen molar-refractivity contribution in [3.8, 4) is 11.1 Å². The fraction of sp³-hybridized carbons (Fsp3) is 0.375. The van der Waals surface area contributed by atoms with E-state index in [0.29, 0.717) is 17.7 Å². The minimum absolute atomic E-state index is 0.100. The molecule has 3 aromatic rings. The molecule has 1 atom stereocenters. The Labute approximate surface area is 179 Å². The van der Waals surface area contributed by atoms with Gasteiger partial charge in [0.15, 0.2) is 0 Å². The molecular formula is C24H27F3N2O2. The molecule has 0 saturated carbocycles. The second-order valence-electron chi connectivity index (χ2n) is 8.78. The summed E-state index contributed by atoms with van der Waals surface area (Å²) >= 11 is 0. The zero-order valence-electron chi connectivity index (χ0n) is 18.1. The Bertz CT molecular complexity index is 1090. The molecule has 2 aromatic carbocycles. The maximum Gasteiger partial charge on any atom is 0.417 e. The van der Waals surface area contributed by atoms with E-state index in [1.807, 2.05) is 4.57 Å². The summed E-state index contributed by atoms with van der Waals surface area (Å²) in [4.78, 5) is 12.2. The maximum absolute atomic E-state index is 13.5. The van der Waals surface area contributed by atoms with Gasteiger partial charge in [0.05, 0.1) is 12.2 Å². The van der Waals surface area contributed by atoms with Crippen LogP contribution < -0.4 is 5.73 Å². The molecule has 0 fully saturated rings. The summed E-state index contributed by atoms with van der Waals surface area (Å²) < 4.78 is 47.7. The first-order valence-corrected chi connectivity index (χ1v) is 10.1. The van der Waals surface area contributed by atoms with Crippen molar-refractivity contribution in [1.29, 1.82) is 0 Å². The van der Waals surface area contributed by atoms with E-state index in [1.165, 1.54) is 12.1 Å². The Balaban J connectivity index is 2.20. The molecule has 0 unspecified atom stereocenters. The predicted molar refractivity (Wildman–Crippen MR) is 115 cm³/mol. The lowest BCUT2D eigenvalue weighted by molar-refractivity contribution is -0.144. The van der Waals surface area contributed by atoms with Crippen molar-refractivity contribution >= 4 is 16.9 Å². The predicted octanol–water partition coefficient (Wildman–Crippen LogP) is 5.94. The van der Waals surface area contributed by atoms with Crippen LogP contribution in [0.4, 0.5) is 13.2 Å². The van der Waals surface area contributed by atoms with Crippen molar-refractivity contribution in [2.45, 2.75) is 46.5 Å². The molecule has 7 heteroatoms. The van der Waals surface area contributed by atoms with E-state index in [4.69, 9.17) is 10.5 Å². The molecule has 1 aromatic heterocycles. The number of benzene rings is 2. The van der Waals surface area contributed by atoms with Gasteiger partial charge in [0, 0.05) is 29.2 Å². The monoisotopic (exact) mass is 432 g/mol. The second-order valence-corrected chi connectivity index (χ2v) is 8.78. The Morgan fingerprint density at radius 3 is 2.42 bits per heavy atom. The third-order valence-electron chi connectivity index (χ3n) is 4.98. The Morgan fingerprint density at radius 2 is 1.81 bits per heavy atom. The average molecular weight is 432 g/mol. The lowest BCUT2D eigenvalue weighted by atomic mass is 9.96. The number of carbonyl (C=O) groups is 1. The summed E-state index contributed by atoms with van der Waals surface area (Å²) in [6.07, 6.45) is -2.66.